The molecule has 0 spiro atoms. The number of pyridine rings is 1. The highest BCUT2D eigenvalue weighted by Crippen LogP contribution is 2.34. The Morgan fingerprint density at radius 2 is 1.90 bits per heavy atom. The van der Waals surface area contributed by atoms with Gasteiger partial charge in [-0.15, -0.1) is 0 Å². The summed E-state index contributed by atoms with van der Waals surface area (Å²) in [5.74, 6) is 1.13. The van der Waals surface area contributed by atoms with Crippen molar-refractivity contribution in [1.29, 1.82) is 5.41 Å². The quantitative estimate of drug-likeness (QED) is 0.597. The van der Waals surface area contributed by atoms with Crippen molar-refractivity contribution in [2.75, 3.05) is 0 Å². The number of hydrogen-bond donors (Lipinski definition) is 2. The number of ether oxygens (including phenoxy) is 1. The Hall–Kier alpha value is -1.40. The van der Waals surface area contributed by atoms with Gasteiger partial charge in [0, 0.05) is 16.2 Å². The van der Waals surface area contributed by atoms with Gasteiger partial charge in [0.15, 0.2) is 0 Å². The van der Waals surface area contributed by atoms with Crippen molar-refractivity contribution in [3.63, 3.8) is 0 Å². The number of aryl methyl sites for hydroxylation is 2. The highest BCUT2D eigenvalue weighted by molar-refractivity contribution is 9.11. The standard InChI is InChI=1S/C14H13Br2N3O/c1-7-5-12(13(14(17)18)8(2)19-7)20-11-4-3-9(15)6-10(11)16/h3-6H,1-2H3,(H3,17,18). The molecule has 4 nitrogen and oxygen atoms in total. The minimum Gasteiger partial charge on any atom is -0.455 e. The number of hydrogen-bond acceptors (Lipinski definition) is 3. The van der Waals surface area contributed by atoms with E-state index in [-0.39, 0.29) is 5.84 Å². The smallest absolute Gasteiger partial charge is 0.142 e. The Morgan fingerprint density at radius 3 is 2.50 bits per heavy atom. The van der Waals surface area contributed by atoms with Gasteiger partial charge in [0.05, 0.1) is 15.7 Å². The molecule has 0 amide bonds. The van der Waals surface area contributed by atoms with Crippen LogP contribution < -0.4 is 10.5 Å². The predicted octanol–water partition coefficient (Wildman–Crippen LogP) is 4.30. The number of halogens is 2. The molecule has 0 saturated heterocycles. The van der Waals surface area contributed by atoms with Crippen molar-refractivity contribution in [2.45, 2.75) is 13.8 Å². The summed E-state index contributed by atoms with van der Waals surface area (Å²) in [5, 5.41) is 7.68. The lowest BCUT2D eigenvalue weighted by molar-refractivity contribution is 0.476. The second-order valence-corrected chi connectivity index (χ2v) is 6.08. The average Bonchev–Trinajstić information content (AvgIpc) is 2.31. The monoisotopic (exact) mass is 397 g/mol. The number of aromatic nitrogens is 1. The van der Waals surface area contributed by atoms with E-state index in [0.29, 0.717) is 22.8 Å². The van der Waals surface area contributed by atoms with Gasteiger partial charge in [-0.1, -0.05) is 15.9 Å². The number of rotatable bonds is 3. The van der Waals surface area contributed by atoms with Crippen molar-refractivity contribution in [3.8, 4) is 11.5 Å². The minimum absolute atomic E-state index is 0.0572. The summed E-state index contributed by atoms with van der Waals surface area (Å²) in [4.78, 5) is 4.31. The summed E-state index contributed by atoms with van der Waals surface area (Å²) in [5.41, 5.74) is 7.64. The zero-order chi connectivity index (χ0) is 14.9. The molecule has 6 heteroatoms. The van der Waals surface area contributed by atoms with Crippen LogP contribution in [0, 0.1) is 19.3 Å². The molecule has 2 aromatic rings. The fourth-order valence-electron chi connectivity index (χ4n) is 1.88. The molecule has 2 rings (SSSR count). The van der Waals surface area contributed by atoms with Crippen LogP contribution in [0.5, 0.6) is 11.5 Å². The van der Waals surface area contributed by atoms with Crippen LogP contribution in [-0.4, -0.2) is 10.8 Å². The lowest BCUT2D eigenvalue weighted by Gasteiger charge is -2.14. The van der Waals surface area contributed by atoms with Crippen molar-refractivity contribution in [2.24, 2.45) is 5.73 Å². The third-order valence-corrected chi connectivity index (χ3v) is 3.79. The highest BCUT2D eigenvalue weighted by atomic mass is 79.9. The van der Waals surface area contributed by atoms with E-state index in [4.69, 9.17) is 15.9 Å². The van der Waals surface area contributed by atoms with E-state index in [9.17, 15) is 0 Å². The van der Waals surface area contributed by atoms with Crippen LogP contribution in [0.3, 0.4) is 0 Å². The fourth-order valence-corrected chi connectivity index (χ4v) is 3.01. The van der Waals surface area contributed by atoms with Gasteiger partial charge in [-0.05, 0) is 48.0 Å². The van der Waals surface area contributed by atoms with E-state index < -0.39 is 0 Å². The summed E-state index contributed by atoms with van der Waals surface area (Å²) in [6.45, 7) is 3.69. The van der Waals surface area contributed by atoms with Crippen LogP contribution >= 0.6 is 31.9 Å². The fraction of sp³-hybridized carbons (Fsp3) is 0.143. The van der Waals surface area contributed by atoms with Crippen LogP contribution in [0.1, 0.15) is 17.0 Å². The van der Waals surface area contributed by atoms with Gasteiger partial charge >= 0.3 is 0 Å². The number of nitrogen functional groups attached to an aromatic ring is 1. The summed E-state index contributed by atoms with van der Waals surface area (Å²) in [7, 11) is 0. The Kier molecular flexibility index (Phi) is 4.45. The van der Waals surface area contributed by atoms with Crippen molar-refractivity contribution in [3.05, 3.63) is 50.2 Å². The number of nitrogens with two attached hydrogens (primary N) is 1. The first-order valence-corrected chi connectivity index (χ1v) is 7.42. The molecule has 1 heterocycles. The topological polar surface area (TPSA) is 72.0 Å². The van der Waals surface area contributed by atoms with Gasteiger partial charge in [0.1, 0.15) is 17.3 Å². The molecular formula is C14H13Br2N3O. The maximum atomic E-state index is 7.68. The first-order chi connectivity index (χ1) is 9.38. The molecule has 0 aliphatic heterocycles. The van der Waals surface area contributed by atoms with Crippen molar-refractivity contribution >= 4 is 37.7 Å². The minimum atomic E-state index is -0.0572. The zero-order valence-corrected chi connectivity index (χ0v) is 14.2. The van der Waals surface area contributed by atoms with E-state index in [1.54, 1.807) is 6.07 Å². The van der Waals surface area contributed by atoms with Crippen molar-refractivity contribution < 1.29 is 4.74 Å². The average molecular weight is 399 g/mol. The molecule has 1 aromatic carbocycles. The lowest BCUT2D eigenvalue weighted by Crippen LogP contribution is -2.15. The molecule has 20 heavy (non-hydrogen) atoms. The van der Waals surface area contributed by atoms with Gasteiger partial charge in [-0.2, -0.15) is 0 Å². The maximum absolute atomic E-state index is 7.68. The van der Waals surface area contributed by atoms with Gasteiger partial charge in [-0.3, -0.25) is 10.4 Å². The third-order valence-electron chi connectivity index (χ3n) is 2.68. The van der Waals surface area contributed by atoms with Gasteiger partial charge in [0.25, 0.3) is 0 Å². The molecule has 3 N–H and O–H groups in total. The Bertz CT molecular complexity index is 686. The van der Waals surface area contributed by atoms with Crippen LogP contribution in [-0.2, 0) is 0 Å². The Morgan fingerprint density at radius 1 is 1.20 bits per heavy atom. The molecule has 0 bridgehead atoms. The third kappa shape index (κ3) is 3.19. The number of benzene rings is 1. The summed E-state index contributed by atoms with van der Waals surface area (Å²) >= 11 is 6.84. The maximum Gasteiger partial charge on any atom is 0.142 e. The first-order valence-electron chi connectivity index (χ1n) is 5.84. The second-order valence-electron chi connectivity index (χ2n) is 4.31. The van der Waals surface area contributed by atoms with Gasteiger partial charge in [-0.25, -0.2) is 0 Å². The van der Waals surface area contributed by atoms with Crippen LogP contribution in [0.25, 0.3) is 0 Å². The molecule has 0 aliphatic carbocycles. The molecule has 104 valence electrons. The largest absolute Gasteiger partial charge is 0.455 e. The van der Waals surface area contributed by atoms with E-state index in [1.807, 2.05) is 32.0 Å². The SMILES string of the molecule is Cc1cc(Oc2ccc(Br)cc2Br)c(C(=N)N)c(C)n1. The molecular weight excluding hydrogens is 386 g/mol. The van der Waals surface area contributed by atoms with E-state index >= 15 is 0 Å². The van der Waals surface area contributed by atoms with E-state index in [0.717, 1.165) is 14.6 Å². The van der Waals surface area contributed by atoms with Crippen LogP contribution in [0.2, 0.25) is 0 Å². The van der Waals surface area contributed by atoms with E-state index in [1.165, 1.54) is 0 Å². The van der Waals surface area contributed by atoms with Crippen LogP contribution in [0.4, 0.5) is 0 Å². The highest BCUT2D eigenvalue weighted by Gasteiger charge is 2.14. The second kappa shape index (κ2) is 5.93. The van der Waals surface area contributed by atoms with Crippen LogP contribution in [0.15, 0.2) is 33.2 Å². The zero-order valence-electron chi connectivity index (χ0n) is 11.0. The molecule has 0 saturated carbocycles. The Labute approximate surface area is 134 Å². The predicted molar refractivity (Wildman–Crippen MR) is 86.6 cm³/mol. The van der Waals surface area contributed by atoms with Crippen molar-refractivity contribution in [1.82, 2.24) is 4.98 Å². The number of amidine groups is 1. The molecule has 0 unspecified atom stereocenters. The molecule has 0 atom stereocenters. The summed E-state index contributed by atoms with van der Waals surface area (Å²) in [6.07, 6.45) is 0. The molecule has 0 radical (unpaired) electrons. The first kappa shape index (κ1) is 15.0. The Balaban J connectivity index is 2.50. The normalized spacial score (nSPS) is 10.4. The molecule has 0 fully saturated rings. The molecule has 0 aliphatic rings. The van der Waals surface area contributed by atoms with E-state index in [2.05, 4.69) is 36.8 Å². The van der Waals surface area contributed by atoms with Gasteiger partial charge in [0.2, 0.25) is 0 Å². The van der Waals surface area contributed by atoms with Gasteiger partial charge < -0.3 is 10.5 Å². The lowest BCUT2D eigenvalue weighted by atomic mass is 10.1. The summed E-state index contributed by atoms with van der Waals surface area (Å²) < 4.78 is 7.65. The summed E-state index contributed by atoms with van der Waals surface area (Å²) in [6, 6.07) is 7.39. The number of nitrogens with one attached hydrogen (secondary N) is 1. The number of nitrogens with zero attached hydrogens (tertiary/aromatic N) is 1. The molecule has 1 aromatic heterocycles.